The largest absolute Gasteiger partial charge is 0.359 e. The molecule has 2 aromatic heterocycles. The highest BCUT2D eigenvalue weighted by molar-refractivity contribution is 9.10. The van der Waals surface area contributed by atoms with Gasteiger partial charge in [-0.3, -0.25) is 4.79 Å². The molecule has 0 aromatic carbocycles. The Labute approximate surface area is 94.6 Å². The standard InChI is InChI=1S/C10H9BrN2O2/c1-7-4-8(11)5-13(10(7)14)6-9-2-3-12-15-9/h2-5H,6H2,1H3. The molecule has 0 atom stereocenters. The minimum absolute atomic E-state index is 0.0189. The van der Waals surface area contributed by atoms with Crippen molar-refractivity contribution in [3.8, 4) is 0 Å². The molecule has 0 N–H and O–H groups in total. The van der Waals surface area contributed by atoms with Gasteiger partial charge in [-0.2, -0.15) is 0 Å². The first-order valence-electron chi connectivity index (χ1n) is 4.43. The summed E-state index contributed by atoms with van der Waals surface area (Å²) in [5.74, 6) is 0.662. The molecule has 0 saturated heterocycles. The van der Waals surface area contributed by atoms with Crippen molar-refractivity contribution in [2.45, 2.75) is 13.5 Å². The van der Waals surface area contributed by atoms with Gasteiger partial charge < -0.3 is 9.09 Å². The van der Waals surface area contributed by atoms with Crippen molar-refractivity contribution in [3.05, 3.63) is 50.7 Å². The first-order valence-corrected chi connectivity index (χ1v) is 5.22. The normalized spacial score (nSPS) is 10.5. The Hall–Kier alpha value is -1.36. The minimum atomic E-state index is -0.0189. The van der Waals surface area contributed by atoms with Gasteiger partial charge in [0.15, 0.2) is 5.76 Å². The SMILES string of the molecule is Cc1cc(Br)cn(Cc2ccno2)c1=O. The molecule has 0 aliphatic rings. The Morgan fingerprint density at radius 2 is 2.40 bits per heavy atom. The number of hydrogen-bond donors (Lipinski definition) is 0. The summed E-state index contributed by atoms with van der Waals surface area (Å²) in [6.07, 6.45) is 3.29. The number of rotatable bonds is 2. The Kier molecular flexibility index (Phi) is 2.73. The zero-order valence-electron chi connectivity index (χ0n) is 8.11. The monoisotopic (exact) mass is 268 g/mol. The van der Waals surface area contributed by atoms with Crippen LogP contribution in [0.5, 0.6) is 0 Å². The average Bonchev–Trinajstić information content (AvgIpc) is 2.66. The van der Waals surface area contributed by atoms with Crippen molar-refractivity contribution in [1.82, 2.24) is 9.72 Å². The zero-order valence-corrected chi connectivity index (χ0v) is 9.69. The molecule has 5 heteroatoms. The van der Waals surface area contributed by atoms with Gasteiger partial charge in [-0.15, -0.1) is 0 Å². The number of aromatic nitrogens is 2. The van der Waals surface area contributed by atoms with Crippen molar-refractivity contribution in [1.29, 1.82) is 0 Å². The van der Waals surface area contributed by atoms with Gasteiger partial charge in [0.1, 0.15) is 0 Å². The molecule has 0 radical (unpaired) electrons. The number of aryl methyl sites for hydroxylation is 1. The van der Waals surface area contributed by atoms with Crippen LogP contribution in [0, 0.1) is 6.92 Å². The molecule has 2 aromatic rings. The molecule has 0 fully saturated rings. The van der Waals surface area contributed by atoms with Gasteiger partial charge in [0.25, 0.3) is 5.56 Å². The van der Waals surface area contributed by atoms with E-state index in [4.69, 9.17) is 4.52 Å². The van der Waals surface area contributed by atoms with Gasteiger partial charge in [0, 0.05) is 22.3 Å². The molecule has 4 nitrogen and oxygen atoms in total. The van der Waals surface area contributed by atoms with Crippen LogP contribution in [0.3, 0.4) is 0 Å². The van der Waals surface area contributed by atoms with Gasteiger partial charge in [0.2, 0.25) is 0 Å². The number of hydrogen-bond acceptors (Lipinski definition) is 3. The van der Waals surface area contributed by atoms with Crippen LogP contribution >= 0.6 is 15.9 Å². The van der Waals surface area contributed by atoms with Crippen molar-refractivity contribution in [2.24, 2.45) is 0 Å². The summed E-state index contributed by atoms with van der Waals surface area (Å²) in [6.45, 7) is 2.18. The third kappa shape index (κ3) is 2.18. The minimum Gasteiger partial charge on any atom is -0.359 e. The lowest BCUT2D eigenvalue weighted by Gasteiger charge is -2.04. The van der Waals surface area contributed by atoms with E-state index >= 15 is 0 Å². The van der Waals surface area contributed by atoms with E-state index in [-0.39, 0.29) is 5.56 Å². The van der Waals surface area contributed by atoms with Crippen molar-refractivity contribution >= 4 is 15.9 Å². The average molecular weight is 269 g/mol. The molecule has 0 amide bonds. The Morgan fingerprint density at radius 3 is 3.07 bits per heavy atom. The van der Waals surface area contributed by atoms with Crippen LogP contribution in [0.25, 0.3) is 0 Å². The molecular weight excluding hydrogens is 260 g/mol. The molecule has 0 saturated carbocycles. The molecule has 0 spiro atoms. The maximum atomic E-state index is 11.7. The van der Waals surface area contributed by atoms with E-state index in [9.17, 15) is 4.79 Å². The second-order valence-corrected chi connectivity index (χ2v) is 4.17. The molecule has 0 aliphatic carbocycles. The fourth-order valence-corrected chi connectivity index (χ4v) is 1.94. The van der Waals surface area contributed by atoms with Crippen LogP contribution in [0.4, 0.5) is 0 Å². The lowest BCUT2D eigenvalue weighted by molar-refractivity contribution is 0.375. The summed E-state index contributed by atoms with van der Waals surface area (Å²) in [4.78, 5) is 11.7. The van der Waals surface area contributed by atoms with Gasteiger partial charge >= 0.3 is 0 Å². The van der Waals surface area contributed by atoms with E-state index in [0.29, 0.717) is 17.9 Å². The smallest absolute Gasteiger partial charge is 0.253 e. The topological polar surface area (TPSA) is 48.0 Å². The summed E-state index contributed by atoms with van der Waals surface area (Å²) in [6, 6.07) is 3.53. The fourth-order valence-electron chi connectivity index (χ4n) is 1.35. The molecule has 0 bridgehead atoms. The van der Waals surface area contributed by atoms with E-state index < -0.39 is 0 Å². The van der Waals surface area contributed by atoms with Crippen LogP contribution in [-0.4, -0.2) is 9.72 Å². The maximum absolute atomic E-state index is 11.7. The van der Waals surface area contributed by atoms with Gasteiger partial charge in [-0.1, -0.05) is 5.16 Å². The predicted molar refractivity (Wildman–Crippen MR) is 58.7 cm³/mol. The highest BCUT2D eigenvalue weighted by atomic mass is 79.9. The first kappa shape index (κ1) is 10.2. The van der Waals surface area contributed by atoms with Gasteiger partial charge in [0.05, 0.1) is 12.7 Å². The predicted octanol–water partition coefficient (Wildman–Crippen LogP) is 1.96. The molecule has 78 valence electrons. The quantitative estimate of drug-likeness (QED) is 0.837. The summed E-state index contributed by atoms with van der Waals surface area (Å²) in [5.41, 5.74) is 0.679. The number of pyridine rings is 1. The molecule has 15 heavy (non-hydrogen) atoms. The molecule has 0 aliphatic heterocycles. The van der Waals surface area contributed by atoms with E-state index in [0.717, 1.165) is 4.47 Å². The zero-order chi connectivity index (χ0) is 10.8. The summed E-state index contributed by atoms with van der Waals surface area (Å²) in [7, 11) is 0. The number of nitrogens with zero attached hydrogens (tertiary/aromatic N) is 2. The Morgan fingerprint density at radius 1 is 1.60 bits per heavy atom. The van der Waals surface area contributed by atoms with Crippen LogP contribution in [0.2, 0.25) is 0 Å². The molecule has 2 rings (SSSR count). The molecular formula is C10H9BrN2O2. The van der Waals surface area contributed by atoms with Crippen molar-refractivity contribution in [2.75, 3.05) is 0 Å². The fraction of sp³-hybridized carbons (Fsp3) is 0.200. The van der Waals surface area contributed by atoms with Crippen LogP contribution in [-0.2, 0) is 6.54 Å². The Balaban J connectivity index is 2.41. The highest BCUT2D eigenvalue weighted by Gasteiger charge is 2.04. The van der Waals surface area contributed by atoms with Crippen molar-refractivity contribution < 1.29 is 4.52 Å². The number of halogens is 1. The third-order valence-corrected chi connectivity index (χ3v) is 2.48. The maximum Gasteiger partial charge on any atom is 0.253 e. The molecule has 0 unspecified atom stereocenters. The van der Waals surface area contributed by atoms with Crippen molar-refractivity contribution in [3.63, 3.8) is 0 Å². The van der Waals surface area contributed by atoms with E-state index in [1.807, 2.05) is 0 Å². The van der Waals surface area contributed by atoms with E-state index in [2.05, 4.69) is 21.1 Å². The summed E-state index contributed by atoms with van der Waals surface area (Å²) in [5, 5.41) is 3.59. The summed E-state index contributed by atoms with van der Waals surface area (Å²) < 4.78 is 7.40. The first-order chi connectivity index (χ1) is 7.16. The lowest BCUT2D eigenvalue weighted by atomic mass is 10.3. The molecule has 2 heterocycles. The van der Waals surface area contributed by atoms with Crippen LogP contribution in [0.1, 0.15) is 11.3 Å². The summed E-state index contributed by atoms with van der Waals surface area (Å²) >= 11 is 3.35. The lowest BCUT2D eigenvalue weighted by Crippen LogP contribution is -2.21. The van der Waals surface area contributed by atoms with E-state index in [1.165, 1.54) is 0 Å². The van der Waals surface area contributed by atoms with Crippen LogP contribution in [0.15, 0.2) is 38.3 Å². The van der Waals surface area contributed by atoms with E-state index in [1.54, 1.807) is 36.0 Å². The second-order valence-electron chi connectivity index (χ2n) is 3.25. The highest BCUT2D eigenvalue weighted by Crippen LogP contribution is 2.09. The van der Waals surface area contributed by atoms with Gasteiger partial charge in [-0.05, 0) is 28.9 Å². The third-order valence-electron chi connectivity index (χ3n) is 2.05. The second kappa shape index (κ2) is 4.02. The van der Waals surface area contributed by atoms with Gasteiger partial charge in [-0.25, -0.2) is 0 Å². The van der Waals surface area contributed by atoms with Crippen LogP contribution < -0.4 is 5.56 Å². The Bertz CT molecular complexity index is 517.